The van der Waals surface area contributed by atoms with Gasteiger partial charge in [0.1, 0.15) is 11.8 Å². The summed E-state index contributed by atoms with van der Waals surface area (Å²) < 4.78 is 5.12. The monoisotopic (exact) mass is 238 g/mol. The van der Waals surface area contributed by atoms with E-state index in [1.807, 2.05) is 6.07 Å². The molecule has 1 aromatic heterocycles. The van der Waals surface area contributed by atoms with Gasteiger partial charge < -0.3 is 14.6 Å². The molecule has 5 nitrogen and oxygen atoms in total. The summed E-state index contributed by atoms with van der Waals surface area (Å²) in [6, 6.07) is 3.11. The zero-order valence-electron chi connectivity index (χ0n) is 10.4. The van der Waals surface area contributed by atoms with Crippen LogP contribution in [0.4, 0.5) is 0 Å². The molecule has 0 saturated carbocycles. The molecule has 17 heavy (non-hydrogen) atoms. The Balaban J connectivity index is 2.32. The second kappa shape index (κ2) is 6.08. The van der Waals surface area contributed by atoms with Gasteiger partial charge in [0.2, 0.25) is 11.8 Å². The van der Waals surface area contributed by atoms with Crippen LogP contribution in [0.3, 0.4) is 0 Å². The Labute approximate surface area is 101 Å². The Hall–Kier alpha value is -1.78. The quantitative estimate of drug-likeness (QED) is 0.825. The van der Waals surface area contributed by atoms with Crippen LogP contribution in [0.1, 0.15) is 19.1 Å². The number of aryl methyl sites for hydroxylation is 1. The third-order valence-electron chi connectivity index (χ3n) is 2.37. The first-order chi connectivity index (χ1) is 8.00. The molecule has 1 aromatic rings. The van der Waals surface area contributed by atoms with Gasteiger partial charge in [0.15, 0.2) is 0 Å². The third-order valence-corrected chi connectivity index (χ3v) is 2.37. The zero-order chi connectivity index (χ0) is 12.8. The topological polar surface area (TPSA) is 62.6 Å². The van der Waals surface area contributed by atoms with Gasteiger partial charge in [-0.3, -0.25) is 9.59 Å². The molecule has 0 aliphatic rings. The first-order valence-corrected chi connectivity index (χ1v) is 5.53. The zero-order valence-corrected chi connectivity index (χ0v) is 10.4. The second-order valence-corrected chi connectivity index (χ2v) is 4.10. The molecule has 0 aliphatic carbocycles. The van der Waals surface area contributed by atoms with E-state index in [0.717, 1.165) is 5.76 Å². The third kappa shape index (κ3) is 4.30. The van der Waals surface area contributed by atoms with Gasteiger partial charge in [-0.1, -0.05) is 0 Å². The minimum absolute atomic E-state index is 0.114. The van der Waals surface area contributed by atoms with E-state index in [1.165, 1.54) is 4.90 Å². The van der Waals surface area contributed by atoms with Crippen LogP contribution in [0.25, 0.3) is 0 Å². The van der Waals surface area contributed by atoms with Crippen LogP contribution in [0.15, 0.2) is 22.8 Å². The fourth-order valence-electron chi connectivity index (χ4n) is 1.45. The van der Waals surface area contributed by atoms with Crippen molar-refractivity contribution in [3.63, 3.8) is 0 Å². The summed E-state index contributed by atoms with van der Waals surface area (Å²) in [4.78, 5) is 24.5. The second-order valence-electron chi connectivity index (χ2n) is 4.10. The molecule has 5 heteroatoms. The molecule has 2 amide bonds. The maximum Gasteiger partial charge on any atom is 0.244 e. The standard InChI is InChI=1S/C12H18N2O3/c1-9(12(16)14(2)3)13-11(15)7-6-10-5-4-8-17-10/h4-5,8-9H,6-7H2,1-3H3,(H,13,15). The number of hydrogen-bond acceptors (Lipinski definition) is 3. The molecule has 1 unspecified atom stereocenters. The summed E-state index contributed by atoms with van der Waals surface area (Å²) in [5.41, 5.74) is 0. The van der Waals surface area contributed by atoms with Crippen LogP contribution >= 0.6 is 0 Å². The van der Waals surface area contributed by atoms with Crippen LogP contribution in [0.5, 0.6) is 0 Å². The van der Waals surface area contributed by atoms with E-state index in [2.05, 4.69) is 5.32 Å². The van der Waals surface area contributed by atoms with Crippen molar-refractivity contribution >= 4 is 11.8 Å². The lowest BCUT2D eigenvalue weighted by Crippen LogP contribution is -2.44. The first-order valence-electron chi connectivity index (χ1n) is 5.53. The fraction of sp³-hybridized carbons (Fsp3) is 0.500. The van der Waals surface area contributed by atoms with Gasteiger partial charge >= 0.3 is 0 Å². The van der Waals surface area contributed by atoms with Crippen molar-refractivity contribution in [1.29, 1.82) is 0 Å². The van der Waals surface area contributed by atoms with Crippen LogP contribution in [0.2, 0.25) is 0 Å². The molecule has 0 radical (unpaired) electrons. The van der Waals surface area contributed by atoms with Crippen molar-refractivity contribution in [3.8, 4) is 0 Å². The van der Waals surface area contributed by atoms with Crippen LogP contribution in [-0.4, -0.2) is 36.9 Å². The molecule has 1 atom stereocenters. The minimum Gasteiger partial charge on any atom is -0.469 e. The molecular weight excluding hydrogens is 220 g/mol. The summed E-state index contributed by atoms with van der Waals surface area (Å²) in [7, 11) is 3.32. The average molecular weight is 238 g/mol. The van der Waals surface area contributed by atoms with Gasteiger partial charge in [-0.25, -0.2) is 0 Å². The number of hydrogen-bond donors (Lipinski definition) is 1. The number of nitrogens with zero attached hydrogens (tertiary/aromatic N) is 1. The van der Waals surface area contributed by atoms with Gasteiger partial charge in [-0.05, 0) is 19.1 Å². The minimum atomic E-state index is -0.492. The van der Waals surface area contributed by atoms with Crippen LogP contribution in [0, 0.1) is 0 Å². The van der Waals surface area contributed by atoms with E-state index in [4.69, 9.17) is 4.42 Å². The molecule has 1 N–H and O–H groups in total. The highest BCUT2D eigenvalue weighted by Crippen LogP contribution is 2.03. The van der Waals surface area contributed by atoms with E-state index >= 15 is 0 Å². The summed E-state index contributed by atoms with van der Waals surface area (Å²) in [5.74, 6) is 0.507. The van der Waals surface area contributed by atoms with Gasteiger partial charge in [0, 0.05) is 26.9 Å². The molecule has 1 rings (SSSR count). The smallest absolute Gasteiger partial charge is 0.244 e. The highest BCUT2D eigenvalue weighted by Gasteiger charge is 2.16. The molecule has 94 valence electrons. The lowest BCUT2D eigenvalue weighted by Gasteiger charge is -2.17. The number of likely N-dealkylation sites (N-methyl/N-ethyl adjacent to an activating group) is 1. The number of rotatable bonds is 5. The number of carbonyl (C=O) groups excluding carboxylic acids is 2. The molecule has 0 aliphatic heterocycles. The highest BCUT2D eigenvalue weighted by atomic mass is 16.3. The predicted molar refractivity (Wildman–Crippen MR) is 63.3 cm³/mol. The Bertz CT molecular complexity index is 371. The lowest BCUT2D eigenvalue weighted by molar-refractivity contribution is -0.133. The van der Waals surface area contributed by atoms with Gasteiger partial charge in [-0.2, -0.15) is 0 Å². The Morgan fingerprint density at radius 2 is 2.18 bits per heavy atom. The molecule has 0 spiro atoms. The lowest BCUT2D eigenvalue weighted by atomic mass is 10.2. The van der Waals surface area contributed by atoms with Crippen molar-refractivity contribution in [2.24, 2.45) is 0 Å². The van der Waals surface area contributed by atoms with E-state index in [1.54, 1.807) is 33.3 Å². The number of carbonyl (C=O) groups is 2. The Morgan fingerprint density at radius 1 is 1.47 bits per heavy atom. The van der Waals surface area contributed by atoms with E-state index in [0.29, 0.717) is 12.8 Å². The van der Waals surface area contributed by atoms with Gasteiger partial charge in [0.25, 0.3) is 0 Å². The van der Waals surface area contributed by atoms with Crippen molar-refractivity contribution in [1.82, 2.24) is 10.2 Å². The summed E-state index contributed by atoms with van der Waals surface area (Å²) >= 11 is 0. The maximum absolute atomic E-state index is 11.6. The van der Waals surface area contributed by atoms with Crippen LogP contribution in [-0.2, 0) is 16.0 Å². The molecule has 0 aromatic carbocycles. The molecule has 0 fully saturated rings. The number of amides is 2. The summed E-state index contributed by atoms with van der Waals surface area (Å²) in [6.07, 6.45) is 2.44. The Kier molecular flexibility index (Phi) is 4.75. The summed E-state index contributed by atoms with van der Waals surface area (Å²) in [5, 5.41) is 2.65. The maximum atomic E-state index is 11.6. The molecule has 0 saturated heterocycles. The van der Waals surface area contributed by atoms with E-state index in [-0.39, 0.29) is 11.8 Å². The van der Waals surface area contributed by atoms with Gasteiger partial charge in [0.05, 0.1) is 6.26 Å². The van der Waals surface area contributed by atoms with Crippen LogP contribution < -0.4 is 5.32 Å². The van der Waals surface area contributed by atoms with Crippen molar-refractivity contribution < 1.29 is 14.0 Å². The SMILES string of the molecule is CC(NC(=O)CCc1ccco1)C(=O)N(C)C. The van der Waals surface area contributed by atoms with E-state index in [9.17, 15) is 9.59 Å². The van der Waals surface area contributed by atoms with Gasteiger partial charge in [-0.15, -0.1) is 0 Å². The molecule has 1 heterocycles. The summed E-state index contributed by atoms with van der Waals surface area (Å²) in [6.45, 7) is 1.67. The van der Waals surface area contributed by atoms with E-state index < -0.39 is 6.04 Å². The Morgan fingerprint density at radius 3 is 2.71 bits per heavy atom. The van der Waals surface area contributed by atoms with Crippen molar-refractivity contribution in [3.05, 3.63) is 24.2 Å². The number of furan rings is 1. The van der Waals surface area contributed by atoms with Crippen molar-refractivity contribution in [2.45, 2.75) is 25.8 Å². The number of nitrogens with one attached hydrogen (secondary N) is 1. The average Bonchev–Trinajstić information content (AvgIpc) is 2.77. The molecular formula is C12H18N2O3. The van der Waals surface area contributed by atoms with Crippen molar-refractivity contribution in [2.75, 3.05) is 14.1 Å². The fourth-order valence-corrected chi connectivity index (χ4v) is 1.45. The normalized spacial score (nSPS) is 11.9. The predicted octanol–water partition coefficient (Wildman–Crippen LogP) is 0.805. The highest BCUT2D eigenvalue weighted by molar-refractivity contribution is 5.87. The molecule has 0 bridgehead atoms. The largest absolute Gasteiger partial charge is 0.469 e. The first kappa shape index (κ1) is 13.3.